The third-order valence-corrected chi connectivity index (χ3v) is 4.01. The topological polar surface area (TPSA) is 21.3 Å². The number of ether oxygens (including phenoxy) is 1. The van der Waals surface area contributed by atoms with E-state index in [4.69, 9.17) is 4.74 Å². The van der Waals surface area contributed by atoms with E-state index in [-0.39, 0.29) is 11.9 Å². The summed E-state index contributed by atoms with van der Waals surface area (Å²) in [6, 6.07) is 7.71. The molecule has 0 aliphatic heterocycles. The molecule has 0 fully saturated rings. The Kier molecular flexibility index (Phi) is 4.96. The van der Waals surface area contributed by atoms with E-state index in [1.807, 2.05) is 6.07 Å². The van der Waals surface area contributed by atoms with E-state index in [0.717, 1.165) is 11.1 Å². The maximum atomic E-state index is 13.8. The molecule has 0 spiro atoms. The van der Waals surface area contributed by atoms with Crippen LogP contribution < -0.4 is 10.1 Å². The lowest BCUT2D eigenvalue weighted by atomic mass is 9.97. The number of hydrogen-bond donors (Lipinski definition) is 1. The van der Waals surface area contributed by atoms with Crippen LogP contribution >= 0.6 is 15.9 Å². The van der Waals surface area contributed by atoms with Crippen LogP contribution in [0.15, 0.2) is 34.8 Å². The fourth-order valence-electron chi connectivity index (χ4n) is 2.24. The van der Waals surface area contributed by atoms with Crippen molar-refractivity contribution in [1.82, 2.24) is 5.32 Å². The summed E-state index contributed by atoms with van der Waals surface area (Å²) in [6.45, 7) is 1.71. The van der Waals surface area contributed by atoms with Crippen molar-refractivity contribution in [2.45, 2.75) is 13.0 Å². The Balaban J connectivity index is 2.55. The van der Waals surface area contributed by atoms with Gasteiger partial charge in [0.2, 0.25) is 0 Å². The van der Waals surface area contributed by atoms with Crippen molar-refractivity contribution in [2.24, 2.45) is 0 Å². The van der Waals surface area contributed by atoms with Crippen LogP contribution in [0.3, 0.4) is 0 Å². The van der Waals surface area contributed by atoms with E-state index >= 15 is 0 Å². The Hall–Kier alpha value is -1.46. The van der Waals surface area contributed by atoms with Gasteiger partial charge in [-0.05, 0) is 53.2 Å². The number of benzene rings is 2. The molecule has 0 bridgehead atoms. The van der Waals surface area contributed by atoms with Crippen molar-refractivity contribution in [1.29, 1.82) is 0 Å². The molecule has 0 radical (unpaired) electrons. The van der Waals surface area contributed by atoms with Crippen LogP contribution in [0.1, 0.15) is 22.7 Å². The van der Waals surface area contributed by atoms with Crippen LogP contribution in [-0.4, -0.2) is 14.2 Å². The van der Waals surface area contributed by atoms with Crippen LogP contribution in [0.5, 0.6) is 5.75 Å². The molecule has 2 aromatic rings. The summed E-state index contributed by atoms with van der Waals surface area (Å²) in [5.41, 5.74) is 2.06. The van der Waals surface area contributed by atoms with Crippen molar-refractivity contribution < 1.29 is 13.5 Å². The molecule has 2 nitrogen and oxygen atoms in total. The minimum absolute atomic E-state index is 0.270. The number of hydrogen-bond acceptors (Lipinski definition) is 2. The first-order valence-corrected chi connectivity index (χ1v) is 7.23. The smallest absolute Gasteiger partial charge is 0.141 e. The first-order valence-electron chi connectivity index (χ1n) is 6.44. The molecule has 1 N–H and O–H groups in total. The lowest BCUT2D eigenvalue weighted by Gasteiger charge is -2.21. The Labute approximate surface area is 131 Å². The lowest BCUT2D eigenvalue weighted by Crippen LogP contribution is -2.19. The molecule has 1 atom stereocenters. The predicted molar refractivity (Wildman–Crippen MR) is 82.7 cm³/mol. The third-order valence-electron chi connectivity index (χ3n) is 3.40. The van der Waals surface area contributed by atoms with E-state index < -0.39 is 5.82 Å². The molecule has 0 saturated carbocycles. The number of halogens is 3. The highest BCUT2D eigenvalue weighted by Crippen LogP contribution is 2.34. The van der Waals surface area contributed by atoms with E-state index in [0.29, 0.717) is 15.8 Å². The van der Waals surface area contributed by atoms with Crippen LogP contribution in [-0.2, 0) is 0 Å². The average molecular weight is 356 g/mol. The largest absolute Gasteiger partial charge is 0.496 e. The zero-order chi connectivity index (χ0) is 15.6. The summed E-state index contributed by atoms with van der Waals surface area (Å²) in [7, 11) is 3.24. The monoisotopic (exact) mass is 355 g/mol. The Morgan fingerprint density at radius 2 is 1.86 bits per heavy atom. The molecule has 2 aromatic carbocycles. The zero-order valence-corrected chi connectivity index (χ0v) is 13.6. The summed E-state index contributed by atoms with van der Waals surface area (Å²) in [5, 5.41) is 3.11. The average Bonchev–Trinajstić information content (AvgIpc) is 2.46. The van der Waals surface area contributed by atoms with Crippen molar-refractivity contribution in [3.8, 4) is 5.75 Å². The van der Waals surface area contributed by atoms with Crippen LogP contribution in [0, 0.1) is 18.6 Å². The van der Waals surface area contributed by atoms with Crippen molar-refractivity contribution >= 4 is 15.9 Å². The maximum absolute atomic E-state index is 13.8. The third kappa shape index (κ3) is 3.24. The highest BCUT2D eigenvalue weighted by molar-refractivity contribution is 9.10. The van der Waals surface area contributed by atoms with E-state index in [1.165, 1.54) is 19.2 Å². The Morgan fingerprint density at radius 3 is 2.43 bits per heavy atom. The minimum Gasteiger partial charge on any atom is -0.496 e. The van der Waals surface area contributed by atoms with Gasteiger partial charge in [0.25, 0.3) is 0 Å². The van der Waals surface area contributed by atoms with Crippen LogP contribution in [0.4, 0.5) is 8.78 Å². The van der Waals surface area contributed by atoms with E-state index in [2.05, 4.69) is 21.2 Å². The predicted octanol–water partition coefficient (Wildman–Crippen LogP) is 4.35. The van der Waals surface area contributed by atoms with Gasteiger partial charge in [-0.3, -0.25) is 0 Å². The number of aryl methyl sites for hydroxylation is 1. The van der Waals surface area contributed by atoms with Gasteiger partial charge in [0.05, 0.1) is 17.6 Å². The molecule has 112 valence electrons. The first kappa shape index (κ1) is 15.9. The van der Waals surface area contributed by atoms with Crippen LogP contribution in [0.25, 0.3) is 0 Å². The number of nitrogens with one attached hydrogen (secondary N) is 1. The fourth-order valence-corrected chi connectivity index (χ4v) is 2.60. The SMILES string of the molecule is CNC(c1ccc(C)c(F)c1)c1cc(Br)c(F)cc1OC. The molecular formula is C16H16BrF2NO. The molecular weight excluding hydrogens is 340 g/mol. The first-order chi connectivity index (χ1) is 9.97. The summed E-state index contributed by atoms with van der Waals surface area (Å²) < 4.78 is 33.0. The van der Waals surface area contributed by atoms with Gasteiger partial charge in [-0.15, -0.1) is 0 Å². The standard InChI is InChI=1S/C16H16BrF2NO/c1-9-4-5-10(6-13(9)18)16(20-2)11-7-12(17)14(19)8-15(11)21-3/h4-8,16,20H,1-3H3. The quantitative estimate of drug-likeness (QED) is 0.879. The van der Waals surface area contributed by atoms with E-state index in [9.17, 15) is 8.78 Å². The molecule has 0 heterocycles. The second-order valence-corrected chi connectivity index (χ2v) is 5.59. The second-order valence-electron chi connectivity index (χ2n) is 4.74. The molecule has 5 heteroatoms. The molecule has 21 heavy (non-hydrogen) atoms. The van der Waals surface area contributed by atoms with Gasteiger partial charge in [-0.25, -0.2) is 8.78 Å². The van der Waals surface area contributed by atoms with Gasteiger partial charge < -0.3 is 10.1 Å². The van der Waals surface area contributed by atoms with Gasteiger partial charge in [0.15, 0.2) is 0 Å². The molecule has 0 aliphatic carbocycles. The molecule has 2 rings (SSSR count). The normalized spacial score (nSPS) is 12.3. The Bertz CT molecular complexity index is 661. The summed E-state index contributed by atoms with van der Waals surface area (Å²) in [5.74, 6) is -0.260. The number of rotatable bonds is 4. The fraction of sp³-hybridized carbons (Fsp3) is 0.250. The molecule has 0 saturated heterocycles. The zero-order valence-electron chi connectivity index (χ0n) is 12.0. The van der Waals surface area contributed by atoms with Crippen molar-refractivity contribution in [3.05, 3.63) is 63.1 Å². The molecule has 0 amide bonds. The summed E-state index contributed by atoms with van der Waals surface area (Å²) in [4.78, 5) is 0. The second kappa shape index (κ2) is 6.54. The van der Waals surface area contributed by atoms with Gasteiger partial charge in [0, 0.05) is 11.6 Å². The highest BCUT2D eigenvalue weighted by atomic mass is 79.9. The highest BCUT2D eigenvalue weighted by Gasteiger charge is 2.19. The minimum atomic E-state index is -0.402. The summed E-state index contributed by atoms with van der Waals surface area (Å²) in [6.07, 6.45) is 0. The van der Waals surface area contributed by atoms with Gasteiger partial charge >= 0.3 is 0 Å². The van der Waals surface area contributed by atoms with Crippen LogP contribution in [0.2, 0.25) is 0 Å². The van der Waals surface area contributed by atoms with E-state index in [1.54, 1.807) is 26.1 Å². The lowest BCUT2D eigenvalue weighted by molar-refractivity contribution is 0.401. The number of methoxy groups -OCH3 is 1. The molecule has 1 unspecified atom stereocenters. The van der Waals surface area contributed by atoms with Crippen molar-refractivity contribution in [3.63, 3.8) is 0 Å². The maximum Gasteiger partial charge on any atom is 0.141 e. The summed E-state index contributed by atoms with van der Waals surface area (Å²) >= 11 is 3.17. The van der Waals surface area contributed by atoms with Gasteiger partial charge in [0.1, 0.15) is 17.4 Å². The molecule has 0 aromatic heterocycles. The van der Waals surface area contributed by atoms with Gasteiger partial charge in [-0.1, -0.05) is 12.1 Å². The van der Waals surface area contributed by atoms with Gasteiger partial charge in [-0.2, -0.15) is 0 Å². The van der Waals surface area contributed by atoms with Crippen molar-refractivity contribution in [2.75, 3.05) is 14.2 Å². The Morgan fingerprint density at radius 1 is 1.14 bits per heavy atom. The molecule has 0 aliphatic rings.